The summed E-state index contributed by atoms with van der Waals surface area (Å²) in [5.74, 6) is 0. The topological polar surface area (TPSA) is 3.24 Å². The molecule has 0 radical (unpaired) electrons. The molecule has 0 aliphatic heterocycles. The van der Waals surface area contributed by atoms with Gasteiger partial charge in [0, 0.05) is 17.1 Å². The first-order valence-electron chi connectivity index (χ1n) is 20.3. The molecular formula is C58H39N. The minimum Gasteiger partial charge on any atom is -0.310 e. The number of nitrogens with zero attached hydrogens (tertiary/aromatic N) is 1. The van der Waals surface area contributed by atoms with Gasteiger partial charge in [-0.15, -0.1) is 0 Å². The zero-order valence-corrected chi connectivity index (χ0v) is 32.5. The highest BCUT2D eigenvalue weighted by atomic mass is 15.1. The first kappa shape index (κ1) is 34.5. The van der Waals surface area contributed by atoms with Gasteiger partial charge in [-0.3, -0.25) is 0 Å². The SMILES string of the molecule is c1ccc(-c2cccc(N(c3ccc(-c4ccc5ccc6c7ccccc7ccc6c5c4)cc3)c3ccc(-c4cc(-c5ccccc5)cc5ccccc45)cc3)c2)cc1. The van der Waals surface area contributed by atoms with Crippen LogP contribution in [0.3, 0.4) is 0 Å². The average Bonchev–Trinajstić information content (AvgIpc) is 3.32. The Bertz CT molecular complexity index is 3290. The van der Waals surface area contributed by atoms with Crippen molar-refractivity contribution < 1.29 is 0 Å². The third-order valence-electron chi connectivity index (χ3n) is 11.8. The second-order valence-electron chi connectivity index (χ2n) is 15.3. The summed E-state index contributed by atoms with van der Waals surface area (Å²) in [6, 6.07) is 86.2. The summed E-state index contributed by atoms with van der Waals surface area (Å²) in [7, 11) is 0. The van der Waals surface area contributed by atoms with Gasteiger partial charge in [0.05, 0.1) is 0 Å². The summed E-state index contributed by atoms with van der Waals surface area (Å²) in [6.07, 6.45) is 0. The molecule has 0 atom stereocenters. The van der Waals surface area contributed by atoms with Crippen molar-refractivity contribution in [3.05, 3.63) is 237 Å². The molecule has 276 valence electrons. The monoisotopic (exact) mass is 749 g/mol. The van der Waals surface area contributed by atoms with Gasteiger partial charge in [-0.05, 0) is 142 Å². The lowest BCUT2D eigenvalue weighted by Gasteiger charge is -2.26. The molecule has 0 bridgehead atoms. The number of hydrogen-bond acceptors (Lipinski definition) is 1. The molecule has 1 nitrogen and oxygen atoms in total. The fourth-order valence-corrected chi connectivity index (χ4v) is 8.84. The normalized spacial score (nSPS) is 11.4. The Morgan fingerprint density at radius 1 is 0.203 bits per heavy atom. The molecule has 0 unspecified atom stereocenters. The molecule has 0 aliphatic rings. The number of hydrogen-bond donors (Lipinski definition) is 0. The fourth-order valence-electron chi connectivity index (χ4n) is 8.84. The van der Waals surface area contributed by atoms with Gasteiger partial charge in [0.15, 0.2) is 0 Å². The molecule has 11 rings (SSSR count). The van der Waals surface area contributed by atoms with Crippen molar-refractivity contribution in [1.82, 2.24) is 0 Å². The fraction of sp³-hybridized carbons (Fsp3) is 0. The summed E-state index contributed by atoms with van der Waals surface area (Å²) < 4.78 is 0. The van der Waals surface area contributed by atoms with Gasteiger partial charge < -0.3 is 4.90 Å². The van der Waals surface area contributed by atoms with Crippen molar-refractivity contribution in [2.45, 2.75) is 0 Å². The molecule has 0 aliphatic carbocycles. The maximum atomic E-state index is 2.37. The number of anilines is 3. The van der Waals surface area contributed by atoms with Gasteiger partial charge in [-0.25, -0.2) is 0 Å². The van der Waals surface area contributed by atoms with E-state index in [-0.39, 0.29) is 0 Å². The molecular weight excluding hydrogens is 711 g/mol. The van der Waals surface area contributed by atoms with E-state index in [1.807, 2.05) is 0 Å². The van der Waals surface area contributed by atoms with Gasteiger partial charge in [0.2, 0.25) is 0 Å². The zero-order valence-electron chi connectivity index (χ0n) is 32.5. The van der Waals surface area contributed by atoms with Crippen LogP contribution in [-0.4, -0.2) is 0 Å². The predicted molar refractivity (Wildman–Crippen MR) is 253 cm³/mol. The van der Waals surface area contributed by atoms with E-state index in [4.69, 9.17) is 0 Å². The average molecular weight is 750 g/mol. The number of benzene rings is 11. The molecule has 0 amide bonds. The summed E-state index contributed by atoms with van der Waals surface area (Å²) >= 11 is 0. The van der Waals surface area contributed by atoms with Crippen LogP contribution in [-0.2, 0) is 0 Å². The van der Waals surface area contributed by atoms with E-state index < -0.39 is 0 Å². The predicted octanol–water partition coefficient (Wildman–Crippen LogP) is 16.4. The van der Waals surface area contributed by atoms with E-state index >= 15 is 0 Å². The number of fused-ring (bicyclic) bond motifs is 6. The van der Waals surface area contributed by atoms with E-state index in [1.165, 1.54) is 87.6 Å². The van der Waals surface area contributed by atoms with Crippen LogP contribution in [0.4, 0.5) is 17.1 Å². The van der Waals surface area contributed by atoms with E-state index in [1.54, 1.807) is 0 Å². The minimum atomic E-state index is 1.10. The van der Waals surface area contributed by atoms with Crippen LogP contribution < -0.4 is 4.90 Å². The van der Waals surface area contributed by atoms with Crippen molar-refractivity contribution in [3.8, 4) is 44.5 Å². The molecule has 0 heterocycles. The Kier molecular flexibility index (Phi) is 8.56. The third-order valence-corrected chi connectivity index (χ3v) is 11.8. The van der Waals surface area contributed by atoms with Gasteiger partial charge >= 0.3 is 0 Å². The van der Waals surface area contributed by atoms with Crippen LogP contribution in [0.5, 0.6) is 0 Å². The molecule has 0 aromatic heterocycles. The molecule has 1 heteroatoms. The third kappa shape index (κ3) is 6.40. The highest BCUT2D eigenvalue weighted by molar-refractivity contribution is 6.17. The van der Waals surface area contributed by atoms with Gasteiger partial charge in [-0.1, -0.05) is 182 Å². The number of rotatable bonds is 7. The Morgan fingerprint density at radius 2 is 0.695 bits per heavy atom. The molecule has 11 aromatic carbocycles. The van der Waals surface area contributed by atoms with Crippen molar-refractivity contribution >= 4 is 60.2 Å². The van der Waals surface area contributed by atoms with Crippen LogP contribution in [0.15, 0.2) is 237 Å². The second-order valence-corrected chi connectivity index (χ2v) is 15.3. The summed E-state index contributed by atoms with van der Waals surface area (Å²) in [5.41, 5.74) is 12.9. The quantitative estimate of drug-likeness (QED) is 0.147. The van der Waals surface area contributed by atoms with Crippen molar-refractivity contribution in [2.24, 2.45) is 0 Å². The lowest BCUT2D eigenvalue weighted by atomic mass is 9.93. The first-order chi connectivity index (χ1) is 29.2. The second kappa shape index (κ2) is 14.6. The molecule has 0 saturated carbocycles. The smallest absolute Gasteiger partial charge is 0.0467 e. The molecule has 0 N–H and O–H groups in total. The molecule has 59 heavy (non-hydrogen) atoms. The maximum absolute atomic E-state index is 2.37. The van der Waals surface area contributed by atoms with Crippen molar-refractivity contribution in [3.63, 3.8) is 0 Å². The van der Waals surface area contributed by atoms with Crippen LogP contribution in [0.25, 0.3) is 87.6 Å². The Balaban J connectivity index is 1.00. The highest BCUT2D eigenvalue weighted by Gasteiger charge is 2.16. The van der Waals surface area contributed by atoms with E-state index in [0.29, 0.717) is 0 Å². The van der Waals surface area contributed by atoms with Gasteiger partial charge in [0.25, 0.3) is 0 Å². The Morgan fingerprint density at radius 3 is 1.41 bits per heavy atom. The highest BCUT2D eigenvalue weighted by Crippen LogP contribution is 2.41. The summed E-state index contributed by atoms with van der Waals surface area (Å²) in [6.45, 7) is 0. The zero-order chi connectivity index (χ0) is 39.1. The van der Waals surface area contributed by atoms with Crippen molar-refractivity contribution in [1.29, 1.82) is 0 Å². The van der Waals surface area contributed by atoms with Gasteiger partial charge in [0.1, 0.15) is 0 Å². The van der Waals surface area contributed by atoms with E-state index in [2.05, 4.69) is 241 Å². The molecule has 0 fully saturated rings. The van der Waals surface area contributed by atoms with Crippen LogP contribution in [0.2, 0.25) is 0 Å². The van der Waals surface area contributed by atoms with Gasteiger partial charge in [-0.2, -0.15) is 0 Å². The Hall–Kier alpha value is -7.74. The summed E-state index contributed by atoms with van der Waals surface area (Å²) in [4.78, 5) is 2.37. The van der Waals surface area contributed by atoms with Crippen LogP contribution >= 0.6 is 0 Å². The minimum absolute atomic E-state index is 1.10. The van der Waals surface area contributed by atoms with Crippen molar-refractivity contribution in [2.75, 3.05) is 4.90 Å². The molecule has 11 aromatic rings. The molecule has 0 saturated heterocycles. The standard InChI is InChI=1S/C58H39N/c1-3-12-40(13-4-1)46-18-11-19-52(37-46)59(51-32-26-45(27-33-51)57-39-49(41-14-5-2-6-15-41)36-48-17-8-10-21-54(48)57)50-30-24-42(25-31-50)47-23-22-44-29-34-55-53-20-9-7-16-43(53)28-35-56(55)58(44)38-47/h1-39H. The maximum Gasteiger partial charge on any atom is 0.0467 e. The van der Waals surface area contributed by atoms with E-state index in [9.17, 15) is 0 Å². The lowest BCUT2D eigenvalue weighted by molar-refractivity contribution is 1.28. The summed E-state index contributed by atoms with van der Waals surface area (Å²) in [5, 5.41) is 10.1. The molecule has 0 spiro atoms. The Labute approximate surface area is 344 Å². The van der Waals surface area contributed by atoms with Crippen LogP contribution in [0, 0.1) is 0 Å². The van der Waals surface area contributed by atoms with E-state index in [0.717, 1.165) is 17.1 Å². The van der Waals surface area contributed by atoms with Crippen LogP contribution in [0.1, 0.15) is 0 Å². The first-order valence-corrected chi connectivity index (χ1v) is 20.3. The lowest BCUT2D eigenvalue weighted by Crippen LogP contribution is -2.10. The largest absolute Gasteiger partial charge is 0.310 e.